The van der Waals surface area contributed by atoms with E-state index in [9.17, 15) is 5.11 Å². The number of azo groups is 1. The lowest BCUT2D eigenvalue weighted by Gasteiger charge is -2.27. The van der Waals surface area contributed by atoms with Crippen molar-refractivity contribution < 1.29 is 14.4 Å². The smallest absolute Gasteiger partial charge is 0.218 e. The predicted octanol–water partition coefficient (Wildman–Crippen LogP) is 4.14. The number of nitrogens with zero attached hydrogens (tertiary/aromatic N) is 3. The summed E-state index contributed by atoms with van der Waals surface area (Å²) in [6.45, 7) is 7.91. The molecule has 6 heteroatoms. The van der Waals surface area contributed by atoms with Gasteiger partial charge in [-0.15, -0.1) is 5.11 Å². The molecular formula is C20H25N4O2+. The van der Waals surface area contributed by atoms with Crippen LogP contribution in [0.4, 0.5) is 5.69 Å². The summed E-state index contributed by atoms with van der Waals surface area (Å²) in [6, 6.07) is 7.71. The first-order valence-electron chi connectivity index (χ1n) is 9.12. The molecule has 1 aliphatic carbocycles. The Morgan fingerprint density at radius 2 is 1.92 bits per heavy atom. The van der Waals surface area contributed by atoms with Gasteiger partial charge in [-0.05, 0) is 11.5 Å². The summed E-state index contributed by atoms with van der Waals surface area (Å²) >= 11 is 0. The van der Waals surface area contributed by atoms with Crippen molar-refractivity contribution in [2.24, 2.45) is 15.6 Å². The second-order valence-corrected chi connectivity index (χ2v) is 7.71. The Kier molecular flexibility index (Phi) is 4.36. The SMILES string of the molecule is CC1(C)C=C(N=Nc2c(O)[nH]c3ccccc23)CC(=[N+]2CCOCC2)C1. The summed E-state index contributed by atoms with van der Waals surface area (Å²) in [5.74, 6) is 0.0583. The Hall–Kier alpha value is -2.47. The van der Waals surface area contributed by atoms with Gasteiger partial charge >= 0.3 is 0 Å². The number of aromatic nitrogens is 1. The van der Waals surface area contributed by atoms with E-state index < -0.39 is 0 Å². The molecule has 4 rings (SSSR count). The monoisotopic (exact) mass is 353 g/mol. The fourth-order valence-electron chi connectivity index (χ4n) is 3.85. The minimum atomic E-state index is 0.0441. The third-order valence-corrected chi connectivity index (χ3v) is 5.00. The van der Waals surface area contributed by atoms with E-state index in [1.165, 1.54) is 5.71 Å². The molecule has 2 aliphatic rings. The average molecular weight is 353 g/mol. The van der Waals surface area contributed by atoms with Crippen molar-refractivity contribution in [1.82, 2.24) is 4.98 Å². The van der Waals surface area contributed by atoms with Crippen LogP contribution in [0.5, 0.6) is 5.88 Å². The topological polar surface area (TPSA) is 73.0 Å². The molecule has 1 aromatic heterocycles. The van der Waals surface area contributed by atoms with Gasteiger partial charge in [0.15, 0.2) is 24.5 Å². The summed E-state index contributed by atoms with van der Waals surface area (Å²) in [6.07, 6.45) is 4.03. The number of aromatic hydroxyl groups is 1. The van der Waals surface area contributed by atoms with E-state index >= 15 is 0 Å². The largest absolute Gasteiger partial charge is 0.493 e. The molecule has 0 unspecified atom stereocenters. The molecule has 1 aromatic carbocycles. The van der Waals surface area contributed by atoms with Crippen LogP contribution in [-0.4, -0.2) is 46.7 Å². The number of aromatic amines is 1. The summed E-state index contributed by atoms with van der Waals surface area (Å²) in [7, 11) is 0. The molecule has 6 nitrogen and oxygen atoms in total. The number of rotatable bonds is 2. The Morgan fingerprint density at radius 3 is 2.73 bits per heavy atom. The normalized spacial score (nSPS) is 20.8. The van der Waals surface area contributed by atoms with Crippen molar-refractivity contribution >= 4 is 22.3 Å². The molecule has 2 heterocycles. The third kappa shape index (κ3) is 3.42. The summed E-state index contributed by atoms with van der Waals surface area (Å²) in [5.41, 5.74) is 3.75. The number of allylic oxidation sites excluding steroid dienone is 2. The van der Waals surface area contributed by atoms with E-state index in [1.54, 1.807) is 0 Å². The molecule has 0 atom stereocenters. The fourth-order valence-corrected chi connectivity index (χ4v) is 3.85. The molecule has 136 valence electrons. The van der Waals surface area contributed by atoms with Crippen LogP contribution < -0.4 is 0 Å². The van der Waals surface area contributed by atoms with E-state index in [4.69, 9.17) is 4.74 Å². The second-order valence-electron chi connectivity index (χ2n) is 7.71. The molecule has 0 radical (unpaired) electrons. The van der Waals surface area contributed by atoms with Gasteiger partial charge in [0, 0.05) is 11.8 Å². The van der Waals surface area contributed by atoms with Crippen LogP contribution in [0.3, 0.4) is 0 Å². The van der Waals surface area contributed by atoms with Gasteiger partial charge in [-0.25, -0.2) is 4.58 Å². The van der Waals surface area contributed by atoms with Crippen molar-refractivity contribution in [3.63, 3.8) is 0 Å². The zero-order valence-electron chi connectivity index (χ0n) is 15.3. The highest BCUT2D eigenvalue weighted by Crippen LogP contribution is 2.37. The lowest BCUT2D eigenvalue weighted by Crippen LogP contribution is -2.36. The molecule has 0 spiro atoms. The maximum Gasteiger partial charge on any atom is 0.218 e. The van der Waals surface area contributed by atoms with Crippen LogP contribution in [0.25, 0.3) is 10.9 Å². The van der Waals surface area contributed by atoms with Crippen molar-refractivity contribution in [1.29, 1.82) is 0 Å². The summed E-state index contributed by atoms with van der Waals surface area (Å²) in [4.78, 5) is 2.95. The first-order chi connectivity index (χ1) is 12.5. The molecule has 2 N–H and O–H groups in total. The van der Waals surface area contributed by atoms with Gasteiger partial charge < -0.3 is 14.8 Å². The lowest BCUT2D eigenvalue weighted by molar-refractivity contribution is -0.551. The highest BCUT2D eigenvalue weighted by Gasteiger charge is 2.31. The van der Waals surface area contributed by atoms with Crippen LogP contribution >= 0.6 is 0 Å². The number of nitrogens with one attached hydrogen (secondary N) is 1. The number of para-hydroxylation sites is 1. The van der Waals surface area contributed by atoms with E-state index in [0.717, 1.165) is 55.7 Å². The Balaban J connectivity index is 1.65. The van der Waals surface area contributed by atoms with E-state index in [2.05, 4.69) is 39.7 Å². The molecule has 2 aromatic rings. The van der Waals surface area contributed by atoms with Crippen LogP contribution in [0.1, 0.15) is 26.7 Å². The van der Waals surface area contributed by atoms with Crippen LogP contribution in [0.2, 0.25) is 0 Å². The van der Waals surface area contributed by atoms with Gasteiger partial charge in [0.05, 0.1) is 17.6 Å². The Bertz CT molecular complexity index is 913. The Labute approximate surface area is 152 Å². The van der Waals surface area contributed by atoms with E-state index in [-0.39, 0.29) is 11.3 Å². The minimum absolute atomic E-state index is 0.0441. The average Bonchev–Trinajstić information content (AvgIpc) is 2.94. The zero-order valence-corrected chi connectivity index (χ0v) is 15.3. The molecule has 0 bridgehead atoms. The molecule has 0 saturated carbocycles. The fraction of sp³-hybridized carbons (Fsp3) is 0.450. The maximum atomic E-state index is 10.2. The number of ether oxygens (including phenoxy) is 1. The molecule has 26 heavy (non-hydrogen) atoms. The molecule has 1 saturated heterocycles. The van der Waals surface area contributed by atoms with Crippen molar-refractivity contribution in [3.05, 3.63) is 36.0 Å². The third-order valence-electron chi connectivity index (χ3n) is 5.00. The lowest BCUT2D eigenvalue weighted by atomic mass is 9.80. The first kappa shape index (κ1) is 17.0. The van der Waals surface area contributed by atoms with Gasteiger partial charge in [-0.3, -0.25) is 0 Å². The first-order valence-corrected chi connectivity index (χ1v) is 9.12. The zero-order chi connectivity index (χ0) is 18.1. The molecular weight excluding hydrogens is 328 g/mol. The highest BCUT2D eigenvalue weighted by atomic mass is 16.5. The number of benzene rings is 1. The Morgan fingerprint density at radius 1 is 1.15 bits per heavy atom. The molecule has 1 fully saturated rings. The van der Waals surface area contributed by atoms with E-state index in [1.807, 2.05) is 24.3 Å². The quantitative estimate of drug-likeness (QED) is 0.629. The summed E-state index contributed by atoms with van der Waals surface area (Å²) < 4.78 is 7.90. The number of H-pyrrole nitrogens is 1. The molecule has 1 aliphatic heterocycles. The van der Waals surface area contributed by atoms with Gasteiger partial charge in [-0.2, -0.15) is 5.11 Å². The number of fused-ring (bicyclic) bond motifs is 1. The second kappa shape index (κ2) is 6.68. The number of hydrogen-bond acceptors (Lipinski definition) is 4. The van der Waals surface area contributed by atoms with Crippen molar-refractivity contribution in [2.75, 3.05) is 26.3 Å². The van der Waals surface area contributed by atoms with Gasteiger partial charge in [-0.1, -0.05) is 38.1 Å². The maximum absolute atomic E-state index is 10.2. The van der Waals surface area contributed by atoms with Crippen LogP contribution in [0.15, 0.2) is 46.3 Å². The van der Waals surface area contributed by atoms with E-state index in [0.29, 0.717) is 5.69 Å². The standard InChI is InChI=1S/C20H24N4O2/c1-20(2)12-14(11-15(13-20)24-7-9-26-10-8-24)22-23-18-16-5-3-4-6-17(16)21-19(18)25/h3-6,12H,7-11,13H2,1-2H3,(H-,21,22,23,25)/p+1. The van der Waals surface area contributed by atoms with Crippen molar-refractivity contribution in [3.8, 4) is 5.88 Å². The van der Waals surface area contributed by atoms with Crippen LogP contribution in [-0.2, 0) is 4.74 Å². The van der Waals surface area contributed by atoms with Crippen LogP contribution in [0, 0.1) is 5.41 Å². The number of hydrogen-bond donors (Lipinski definition) is 2. The van der Waals surface area contributed by atoms with Gasteiger partial charge in [0.1, 0.15) is 13.2 Å². The van der Waals surface area contributed by atoms with Crippen molar-refractivity contribution in [2.45, 2.75) is 26.7 Å². The van der Waals surface area contributed by atoms with Gasteiger partial charge in [0.2, 0.25) is 5.88 Å². The van der Waals surface area contributed by atoms with Gasteiger partial charge in [0.25, 0.3) is 0 Å². The molecule has 0 amide bonds. The minimum Gasteiger partial charge on any atom is -0.493 e. The predicted molar refractivity (Wildman–Crippen MR) is 101 cm³/mol. The number of morpholine rings is 1. The highest BCUT2D eigenvalue weighted by molar-refractivity contribution is 5.94. The summed E-state index contributed by atoms with van der Waals surface area (Å²) in [5, 5.41) is 19.9.